The van der Waals surface area contributed by atoms with Crippen LogP contribution in [0.2, 0.25) is 0 Å². The quantitative estimate of drug-likeness (QED) is 0.892. The molecule has 2 aliphatic rings. The highest BCUT2D eigenvalue weighted by molar-refractivity contribution is 5.35. The summed E-state index contributed by atoms with van der Waals surface area (Å²) in [5, 5.41) is 21.0. The fourth-order valence-electron chi connectivity index (χ4n) is 3.97. The van der Waals surface area contributed by atoms with E-state index in [-0.39, 0.29) is 17.6 Å². The first-order valence-corrected chi connectivity index (χ1v) is 7.28. The molecule has 1 aromatic carbocycles. The van der Waals surface area contributed by atoms with Gasteiger partial charge in [-0.3, -0.25) is 0 Å². The second-order valence-corrected chi connectivity index (χ2v) is 6.66. The molecule has 0 amide bonds. The molecule has 20 heavy (non-hydrogen) atoms. The lowest BCUT2D eigenvalue weighted by molar-refractivity contribution is -0.0753. The van der Waals surface area contributed by atoms with Gasteiger partial charge in [0.05, 0.1) is 5.60 Å². The largest absolute Gasteiger partial charge is 0.508 e. The number of benzene rings is 1. The summed E-state index contributed by atoms with van der Waals surface area (Å²) in [5.41, 5.74) is -0.471. The van der Waals surface area contributed by atoms with Crippen molar-refractivity contribution in [3.8, 4) is 5.75 Å². The number of phenols is 1. The summed E-state index contributed by atoms with van der Waals surface area (Å²) < 4.78 is 13.6. The van der Waals surface area contributed by atoms with Crippen molar-refractivity contribution >= 4 is 0 Å². The van der Waals surface area contributed by atoms with E-state index >= 15 is 0 Å². The summed E-state index contributed by atoms with van der Waals surface area (Å²) in [7, 11) is 3.98. The minimum absolute atomic E-state index is 0.0856. The molecule has 2 aliphatic carbocycles. The molecule has 3 rings (SSSR count). The van der Waals surface area contributed by atoms with E-state index in [1.54, 1.807) is 0 Å². The molecule has 0 bridgehead atoms. The Kier molecular flexibility index (Phi) is 3.26. The number of aromatic hydroxyl groups is 1. The van der Waals surface area contributed by atoms with E-state index in [1.165, 1.54) is 12.1 Å². The van der Waals surface area contributed by atoms with Gasteiger partial charge in [0.1, 0.15) is 11.6 Å². The Bertz CT molecular complexity index is 499. The predicted octanol–water partition coefficient (Wildman–Crippen LogP) is 2.33. The van der Waals surface area contributed by atoms with Crippen molar-refractivity contribution < 1.29 is 14.6 Å². The lowest BCUT2D eigenvalue weighted by Gasteiger charge is -2.42. The summed E-state index contributed by atoms with van der Waals surface area (Å²) >= 11 is 0. The number of fused-ring (bicyclic) bond motifs is 1. The third kappa shape index (κ3) is 2.21. The van der Waals surface area contributed by atoms with Gasteiger partial charge >= 0.3 is 0 Å². The Balaban J connectivity index is 2.00. The molecule has 2 saturated carbocycles. The number of aliphatic hydroxyl groups is 1. The molecule has 2 N–H and O–H groups in total. The van der Waals surface area contributed by atoms with Crippen LogP contribution in [-0.2, 0) is 5.60 Å². The van der Waals surface area contributed by atoms with Crippen LogP contribution >= 0.6 is 0 Å². The highest BCUT2D eigenvalue weighted by atomic mass is 19.1. The molecule has 4 atom stereocenters. The molecule has 4 heteroatoms. The molecule has 110 valence electrons. The highest BCUT2D eigenvalue weighted by Crippen LogP contribution is 2.61. The molecule has 4 unspecified atom stereocenters. The van der Waals surface area contributed by atoms with Crippen molar-refractivity contribution in [3.63, 3.8) is 0 Å². The monoisotopic (exact) mass is 279 g/mol. The third-order valence-corrected chi connectivity index (χ3v) is 4.93. The Morgan fingerprint density at radius 2 is 2.05 bits per heavy atom. The van der Waals surface area contributed by atoms with Gasteiger partial charge in [0.2, 0.25) is 0 Å². The van der Waals surface area contributed by atoms with Crippen LogP contribution in [0.4, 0.5) is 4.39 Å². The highest BCUT2D eigenvalue weighted by Gasteiger charge is 2.59. The van der Waals surface area contributed by atoms with Crippen LogP contribution in [-0.4, -0.2) is 35.8 Å². The van der Waals surface area contributed by atoms with Gasteiger partial charge in [-0.25, -0.2) is 4.39 Å². The van der Waals surface area contributed by atoms with Crippen LogP contribution < -0.4 is 0 Å². The smallest absolute Gasteiger partial charge is 0.127 e. The fraction of sp³-hybridized carbons (Fsp3) is 0.625. The van der Waals surface area contributed by atoms with Crippen LogP contribution in [0.5, 0.6) is 5.75 Å². The summed E-state index contributed by atoms with van der Waals surface area (Å²) in [6.45, 7) is 0.775. The first-order chi connectivity index (χ1) is 9.41. The minimum atomic E-state index is -1.01. The second-order valence-electron chi connectivity index (χ2n) is 6.66. The zero-order valence-corrected chi connectivity index (χ0v) is 12.0. The number of hydrogen-bond donors (Lipinski definition) is 2. The van der Waals surface area contributed by atoms with E-state index in [2.05, 4.69) is 4.90 Å². The zero-order chi connectivity index (χ0) is 14.5. The van der Waals surface area contributed by atoms with E-state index in [1.807, 2.05) is 14.1 Å². The maximum atomic E-state index is 13.6. The van der Waals surface area contributed by atoms with Gasteiger partial charge < -0.3 is 15.1 Å². The molecule has 0 radical (unpaired) electrons. The Morgan fingerprint density at radius 3 is 2.70 bits per heavy atom. The van der Waals surface area contributed by atoms with Gasteiger partial charge in [-0.1, -0.05) is 0 Å². The zero-order valence-electron chi connectivity index (χ0n) is 12.0. The van der Waals surface area contributed by atoms with E-state index in [0.29, 0.717) is 11.5 Å². The lowest BCUT2D eigenvalue weighted by Crippen LogP contribution is -2.45. The van der Waals surface area contributed by atoms with E-state index in [9.17, 15) is 14.6 Å². The van der Waals surface area contributed by atoms with E-state index < -0.39 is 11.4 Å². The van der Waals surface area contributed by atoms with Gasteiger partial charge in [0, 0.05) is 18.5 Å². The maximum Gasteiger partial charge on any atom is 0.127 e. The van der Waals surface area contributed by atoms with Crippen LogP contribution in [0.3, 0.4) is 0 Å². The first-order valence-electron chi connectivity index (χ1n) is 7.28. The number of halogens is 1. The number of phenolic OH excluding ortho intramolecular Hbond substituents is 1. The average Bonchev–Trinajstić information content (AvgIpc) is 3.11. The molecule has 0 aromatic heterocycles. The molecular weight excluding hydrogens is 257 g/mol. The number of rotatable bonds is 3. The van der Waals surface area contributed by atoms with Gasteiger partial charge in [-0.2, -0.15) is 0 Å². The molecule has 0 spiro atoms. The summed E-state index contributed by atoms with van der Waals surface area (Å²) in [4.78, 5) is 2.07. The summed E-state index contributed by atoms with van der Waals surface area (Å²) in [6, 6.07) is 3.98. The molecular formula is C16H22FNO2. The normalized spacial score (nSPS) is 36.0. The van der Waals surface area contributed by atoms with Crippen molar-refractivity contribution in [1.82, 2.24) is 4.90 Å². The van der Waals surface area contributed by atoms with Crippen molar-refractivity contribution in [1.29, 1.82) is 0 Å². The lowest BCUT2D eigenvalue weighted by atomic mass is 9.71. The number of hydrogen-bond acceptors (Lipinski definition) is 3. The minimum Gasteiger partial charge on any atom is -0.508 e. The summed E-state index contributed by atoms with van der Waals surface area (Å²) in [6.07, 6.45) is 3.11. The standard InChI is InChI=1S/C16H22FNO2/c1-18(2)9-11-4-3-10-5-15(10)16(11,20)12-6-13(17)8-14(19)7-12/h6-8,10-11,15,19-20H,3-5,9H2,1-2H3. The van der Waals surface area contributed by atoms with Crippen LogP contribution in [0.1, 0.15) is 24.8 Å². The van der Waals surface area contributed by atoms with Crippen LogP contribution in [0.15, 0.2) is 18.2 Å². The summed E-state index contributed by atoms with van der Waals surface area (Å²) in [5.74, 6) is 0.258. The van der Waals surface area contributed by atoms with E-state index in [4.69, 9.17) is 0 Å². The molecule has 2 fully saturated rings. The molecule has 0 saturated heterocycles. The fourth-order valence-corrected chi connectivity index (χ4v) is 3.97. The van der Waals surface area contributed by atoms with Gasteiger partial charge in [-0.15, -0.1) is 0 Å². The van der Waals surface area contributed by atoms with E-state index in [0.717, 1.165) is 31.9 Å². The van der Waals surface area contributed by atoms with Crippen molar-refractivity contribution in [3.05, 3.63) is 29.6 Å². The first kappa shape index (κ1) is 13.8. The van der Waals surface area contributed by atoms with Gasteiger partial charge in [0.25, 0.3) is 0 Å². The number of nitrogens with zero attached hydrogens (tertiary/aromatic N) is 1. The van der Waals surface area contributed by atoms with Gasteiger partial charge in [-0.05, 0) is 62.9 Å². The third-order valence-electron chi connectivity index (χ3n) is 4.93. The second kappa shape index (κ2) is 4.71. The molecule has 0 heterocycles. The van der Waals surface area contributed by atoms with Crippen molar-refractivity contribution in [2.24, 2.45) is 17.8 Å². The van der Waals surface area contributed by atoms with Crippen molar-refractivity contribution in [2.75, 3.05) is 20.6 Å². The van der Waals surface area contributed by atoms with Gasteiger partial charge in [0.15, 0.2) is 0 Å². The molecule has 3 nitrogen and oxygen atoms in total. The Morgan fingerprint density at radius 1 is 1.30 bits per heavy atom. The van der Waals surface area contributed by atoms with Crippen LogP contribution in [0.25, 0.3) is 0 Å². The maximum absolute atomic E-state index is 13.6. The van der Waals surface area contributed by atoms with Crippen LogP contribution in [0, 0.1) is 23.6 Å². The SMILES string of the molecule is CN(C)CC1CCC2CC2C1(O)c1cc(O)cc(F)c1. The Hall–Kier alpha value is -1.13. The molecule has 0 aliphatic heterocycles. The average molecular weight is 279 g/mol. The Labute approximate surface area is 119 Å². The predicted molar refractivity (Wildman–Crippen MR) is 74.8 cm³/mol. The molecule has 1 aromatic rings. The topological polar surface area (TPSA) is 43.7 Å². The van der Waals surface area contributed by atoms with Crippen molar-refractivity contribution in [2.45, 2.75) is 24.9 Å².